The Hall–Kier alpha value is -0.920. The van der Waals surface area contributed by atoms with E-state index in [0.717, 1.165) is 66.0 Å². The van der Waals surface area contributed by atoms with Gasteiger partial charge in [0.05, 0.1) is 0 Å². The zero-order chi connectivity index (χ0) is 24.2. The number of carbonyl (C=O) groups is 1. The molecule has 2 N–H and O–H groups in total. The van der Waals surface area contributed by atoms with Gasteiger partial charge in [-0.25, -0.2) is 4.39 Å². The molecule has 7 heteroatoms. The van der Waals surface area contributed by atoms with E-state index in [1.807, 2.05) is 18.4 Å². The summed E-state index contributed by atoms with van der Waals surface area (Å²) in [5.74, 6) is 1.47. The van der Waals surface area contributed by atoms with Gasteiger partial charge in [-0.2, -0.15) is 11.8 Å². The van der Waals surface area contributed by atoms with Crippen LogP contribution in [0.1, 0.15) is 77.6 Å². The second-order valence-electron chi connectivity index (χ2n) is 10.3. The number of allylic oxidation sites excluding steroid dienone is 3. The lowest BCUT2D eigenvalue weighted by molar-refractivity contribution is -0.132. The molecule has 1 unspecified atom stereocenters. The van der Waals surface area contributed by atoms with Gasteiger partial charge < -0.3 is 10.2 Å². The molecule has 3 fully saturated rings. The van der Waals surface area contributed by atoms with Gasteiger partial charge in [0.1, 0.15) is 0 Å². The molecule has 0 aromatic carbocycles. The molecule has 2 saturated carbocycles. The molecule has 2 aliphatic carbocycles. The maximum absolute atomic E-state index is 14.8. The number of rotatable bonds is 13. The summed E-state index contributed by atoms with van der Waals surface area (Å²) >= 11 is 3.29. The standard InChI is InChI=1S/C27H44FN3OS2/c1-3-24(34-30-26(32)27(28)15-8-5-9-16-27)13-10-17-29-23(14-18-31-19-22(2)20-31)21-33-25-11-6-4-7-12-25/h3,10,13,17,22-23,25,29H,1,4-9,11-12,14-16,18-21H2,2H3,(H,30,32)/b17-10?,24-13+. The maximum atomic E-state index is 14.8. The second-order valence-corrected chi connectivity index (χ2v) is 12.5. The summed E-state index contributed by atoms with van der Waals surface area (Å²) in [5.41, 5.74) is -1.72. The van der Waals surface area contributed by atoms with E-state index in [4.69, 9.17) is 0 Å². The molecule has 0 spiro atoms. The highest BCUT2D eigenvalue weighted by molar-refractivity contribution is 8.02. The summed E-state index contributed by atoms with van der Waals surface area (Å²) in [5, 5.41) is 4.43. The summed E-state index contributed by atoms with van der Waals surface area (Å²) < 4.78 is 17.5. The number of nitrogens with one attached hydrogen (secondary N) is 2. The monoisotopic (exact) mass is 509 g/mol. The first-order valence-corrected chi connectivity index (χ1v) is 15.1. The van der Waals surface area contributed by atoms with E-state index in [-0.39, 0.29) is 0 Å². The molecule has 192 valence electrons. The third-order valence-corrected chi connectivity index (χ3v) is 9.59. The SMILES string of the molecule is C=C/C(=C\C=CNC(CCN1CC(C)C1)CSC1CCCCC1)SNC(=O)C1(F)CCCCC1. The van der Waals surface area contributed by atoms with Crippen molar-refractivity contribution in [3.05, 3.63) is 35.9 Å². The van der Waals surface area contributed by atoms with Crippen molar-refractivity contribution >= 4 is 29.6 Å². The molecule has 1 heterocycles. The molecule has 3 rings (SSSR count). The van der Waals surface area contributed by atoms with Crippen LogP contribution in [-0.2, 0) is 4.79 Å². The second kappa shape index (κ2) is 14.6. The highest BCUT2D eigenvalue weighted by atomic mass is 32.2. The van der Waals surface area contributed by atoms with Crippen LogP contribution in [0, 0.1) is 5.92 Å². The first-order valence-electron chi connectivity index (χ1n) is 13.2. The predicted octanol–water partition coefficient (Wildman–Crippen LogP) is 6.37. The molecule has 1 aliphatic heterocycles. The van der Waals surface area contributed by atoms with E-state index in [1.165, 1.54) is 45.2 Å². The van der Waals surface area contributed by atoms with E-state index in [9.17, 15) is 9.18 Å². The summed E-state index contributed by atoms with van der Waals surface area (Å²) in [6.07, 6.45) is 18.9. The van der Waals surface area contributed by atoms with Crippen LogP contribution in [0.5, 0.6) is 0 Å². The first-order chi connectivity index (χ1) is 16.5. The fourth-order valence-electron chi connectivity index (χ4n) is 5.06. The van der Waals surface area contributed by atoms with Gasteiger partial charge in [-0.05, 0) is 81.2 Å². The Bertz CT molecular complexity index is 696. The molecule has 0 radical (unpaired) electrons. The molecule has 1 saturated heterocycles. The summed E-state index contributed by atoms with van der Waals surface area (Å²) in [4.78, 5) is 15.7. The maximum Gasteiger partial charge on any atom is 0.267 e. The Labute approximate surface area is 215 Å². The molecular formula is C27H44FN3OS2. The summed E-state index contributed by atoms with van der Waals surface area (Å²) in [6, 6.07) is 0.449. The van der Waals surface area contributed by atoms with Crippen molar-refractivity contribution in [2.24, 2.45) is 5.92 Å². The van der Waals surface area contributed by atoms with Gasteiger partial charge >= 0.3 is 0 Å². The Morgan fingerprint density at radius 3 is 2.56 bits per heavy atom. The number of amides is 1. The van der Waals surface area contributed by atoms with Crippen LogP contribution in [0.15, 0.2) is 35.9 Å². The molecule has 1 amide bonds. The Morgan fingerprint density at radius 1 is 1.18 bits per heavy atom. The lowest BCUT2D eigenvalue weighted by Gasteiger charge is -2.38. The third kappa shape index (κ3) is 9.27. The minimum atomic E-state index is -1.72. The van der Waals surface area contributed by atoms with Crippen molar-refractivity contribution < 1.29 is 9.18 Å². The number of hydrogen-bond acceptors (Lipinski definition) is 5. The van der Waals surface area contributed by atoms with Crippen LogP contribution >= 0.6 is 23.7 Å². The Kier molecular flexibility index (Phi) is 11.9. The van der Waals surface area contributed by atoms with Gasteiger partial charge in [0.15, 0.2) is 5.67 Å². The van der Waals surface area contributed by atoms with Gasteiger partial charge in [-0.3, -0.25) is 9.52 Å². The zero-order valence-corrected chi connectivity index (χ0v) is 22.5. The number of carbonyl (C=O) groups excluding carboxylic acids is 1. The molecule has 1 atom stereocenters. The quantitative estimate of drug-likeness (QED) is 0.223. The smallest absolute Gasteiger partial charge is 0.267 e. The van der Waals surface area contributed by atoms with Gasteiger partial charge in [0.25, 0.3) is 5.91 Å². The molecule has 4 nitrogen and oxygen atoms in total. The van der Waals surface area contributed by atoms with Gasteiger partial charge in [-0.1, -0.05) is 45.3 Å². The van der Waals surface area contributed by atoms with Crippen LogP contribution in [0.2, 0.25) is 0 Å². The topological polar surface area (TPSA) is 44.4 Å². The van der Waals surface area contributed by atoms with E-state index < -0.39 is 11.6 Å². The highest BCUT2D eigenvalue weighted by Gasteiger charge is 2.39. The summed E-state index contributed by atoms with van der Waals surface area (Å²) in [7, 11) is 0. The van der Waals surface area contributed by atoms with E-state index in [2.05, 4.69) is 40.2 Å². The number of hydrogen-bond donors (Lipinski definition) is 2. The largest absolute Gasteiger partial charge is 0.387 e. The summed E-state index contributed by atoms with van der Waals surface area (Å²) in [6.45, 7) is 9.77. The van der Waals surface area contributed by atoms with Gasteiger partial charge in [0.2, 0.25) is 0 Å². The zero-order valence-electron chi connectivity index (χ0n) is 20.9. The molecule has 0 aromatic heterocycles. The number of halogens is 1. The minimum Gasteiger partial charge on any atom is -0.387 e. The van der Waals surface area contributed by atoms with E-state index >= 15 is 0 Å². The molecular weight excluding hydrogens is 465 g/mol. The van der Waals surface area contributed by atoms with Crippen LogP contribution in [-0.4, -0.2) is 53.2 Å². The minimum absolute atomic E-state index is 0.326. The van der Waals surface area contributed by atoms with Crippen molar-refractivity contribution in [2.45, 2.75) is 94.5 Å². The van der Waals surface area contributed by atoms with Crippen molar-refractivity contribution in [3.8, 4) is 0 Å². The molecule has 0 bridgehead atoms. The van der Waals surface area contributed by atoms with Crippen molar-refractivity contribution in [1.82, 2.24) is 14.9 Å². The fraction of sp³-hybridized carbons (Fsp3) is 0.741. The molecule has 0 aromatic rings. The number of nitrogens with zero attached hydrogens (tertiary/aromatic N) is 1. The van der Waals surface area contributed by atoms with Crippen LogP contribution < -0.4 is 10.0 Å². The van der Waals surface area contributed by atoms with Crippen molar-refractivity contribution in [2.75, 3.05) is 25.4 Å². The highest BCUT2D eigenvalue weighted by Crippen LogP contribution is 2.33. The van der Waals surface area contributed by atoms with Crippen LogP contribution in [0.3, 0.4) is 0 Å². The first kappa shape index (κ1) is 27.7. The fourth-order valence-corrected chi connectivity index (χ4v) is 7.12. The lowest BCUT2D eigenvalue weighted by atomic mass is 9.86. The van der Waals surface area contributed by atoms with E-state index in [1.54, 1.807) is 6.08 Å². The van der Waals surface area contributed by atoms with Crippen LogP contribution in [0.4, 0.5) is 4.39 Å². The molecule has 34 heavy (non-hydrogen) atoms. The van der Waals surface area contributed by atoms with E-state index in [0.29, 0.717) is 18.9 Å². The number of thioether (sulfide) groups is 1. The lowest BCUT2D eigenvalue weighted by Crippen LogP contribution is -2.47. The van der Waals surface area contributed by atoms with Gasteiger partial charge in [-0.15, -0.1) is 0 Å². The predicted molar refractivity (Wildman–Crippen MR) is 147 cm³/mol. The van der Waals surface area contributed by atoms with Crippen molar-refractivity contribution in [3.63, 3.8) is 0 Å². The van der Waals surface area contributed by atoms with Crippen molar-refractivity contribution in [1.29, 1.82) is 0 Å². The third-order valence-electron chi connectivity index (χ3n) is 7.22. The Morgan fingerprint density at radius 2 is 1.88 bits per heavy atom. The Balaban J connectivity index is 1.44. The molecule has 3 aliphatic rings. The average Bonchev–Trinajstić information content (AvgIpc) is 2.84. The van der Waals surface area contributed by atoms with Crippen LogP contribution in [0.25, 0.3) is 0 Å². The normalized spacial score (nSPS) is 23.4. The number of alkyl halides is 1. The van der Waals surface area contributed by atoms with Gasteiger partial charge in [0, 0.05) is 41.6 Å². The average molecular weight is 510 g/mol. The number of likely N-dealkylation sites (tertiary alicyclic amines) is 1.